The summed E-state index contributed by atoms with van der Waals surface area (Å²) in [7, 11) is 2.46. The van der Waals surface area contributed by atoms with Crippen LogP contribution in [0.1, 0.15) is 50.0 Å². The largest absolute Gasteiger partial charge is 0.468 e. The molecule has 8 nitrogen and oxygen atoms in total. The van der Waals surface area contributed by atoms with Crippen molar-refractivity contribution in [3.8, 4) is 0 Å². The van der Waals surface area contributed by atoms with Gasteiger partial charge in [0.25, 0.3) is 0 Å². The van der Waals surface area contributed by atoms with Gasteiger partial charge in [0.1, 0.15) is 6.04 Å². The molecule has 0 unspecified atom stereocenters. The number of esters is 1. The van der Waals surface area contributed by atoms with Crippen LogP contribution in [-0.2, 0) is 23.9 Å². The summed E-state index contributed by atoms with van der Waals surface area (Å²) in [4.78, 5) is 52.6. The standard InChI is InChI=1S/C23H28N2O6/c1-30-20(27)18-17(14-9-5-3-6-10-14)23(19(24-18)15-11-7-4-8-12-15)13-16(26)25(21(23)28)22(29)31-2/h3,5-6,9-10,15,17-19,24H,4,7-8,11-13H2,1-2H3/t17-,18+,19+,23+/m0/s1. The van der Waals surface area contributed by atoms with Crippen LogP contribution >= 0.6 is 0 Å². The number of nitrogens with one attached hydrogen (secondary N) is 1. The quantitative estimate of drug-likeness (QED) is 0.582. The van der Waals surface area contributed by atoms with E-state index in [-0.39, 0.29) is 12.3 Å². The minimum Gasteiger partial charge on any atom is -0.468 e. The molecular weight excluding hydrogens is 400 g/mol. The zero-order chi connectivity index (χ0) is 22.2. The lowest BCUT2D eigenvalue weighted by Gasteiger charge is -2.39. The smallest absolute Gasteiger partial charge is 0.423 e. The maximum Gasteiger partial charge on any atom is 0.423 e. The number of carbonyl (C=O) groups excluding carboxylic acids is 4. The van der Waals surface area contributed by atoms with E-state index in [0.29, 0.717) is 4.90 Å². The van der Waals surface area contributed by atoms with Gasteiger partial charge in [-0.3, -0.25) is 19.7 Å². The van der Waals surface area contributed by atoms with Crippen LogP contribution in [0.25, 0.3) is 0 Å². The highest BCUT2D eigenvalue weighted by Crippen LogP contribution is 2.56. The minimum atomic E-state index is -1.26. The Morgan fingerprint density at radius 3 is 2.32 bits per heavy atom. The Bertz CT molecular complexity index is 881. The molecule has 2 aliphatic heterocycles. The first kappa shape index (κ1) is 21.5. The summed E-state index contributed by atoms with van der Waals surface area (Å²) in [5.41, 5.74) is -0.496. The van der Waals surface area contributed by atoms with Gasteiger partial charge in [0.15, 0.2) is 0 Å². The predicted molar refractivity (Wildman–Crippen MR) is 110 cm³/mol. The minimum absolute atomic E-state index is 0.115. The van der Waals surface area contributed by atoms with Crippen LogP contribution in [0.15, 0.2) is 30.3 Å². The number of likely N-dealkylation sites (tertiary alicyclic amines) is 1. The Morgan fingerprint density at radius 1 is 1.03 bits per heavy atom. The number of amides is 3. The highest BCUT2D eigenvalue weighted by Gasteiger charge is 2.69. The number of methoxy groups -OCH3 is 2. The molecule has 8 heteroatoms. The Hall–Kier alpha value is -2.74. The fourth-order valence-corrected chi connectivity index (χ4v) is 5.92. The number of ether oxygens (including phenoxy) is 2. The molecule has 0 bridgehead atoms. The highest BCUT2D eigenvalue weighted by molar-refractivity contribution is 6.17. The number of hydrogen-bond donors (Lipinski definition) is 1. The van der Waals surface area contributed by atoms with Crippen molar-refractivity contribution < 1.29 is 28.7 Å². The molecule has 166 valence electrons. The number of imide groups is 3. The van der Waals surface area contributed by atoms with E-state index in [9.17, 15) is 19.2 Å². The normalized spacial score (nSPS) is 31.3. The molecular formula is C23H28N2O6. The van der Waals surface area contributed by atoms with Crippen molar-refractivity contribution >= 4 is 23.9 Å². The first-order chi connectivity index (χ1) is 15.0. The van der Waals surface area contributed by atoms with E-state index < -0.39 is 47.3 Å². The molecule has 31 heavy (non-hydrogen) atoms. The lowest BCUT2D eigenvalue weighted by molar-refractivity contribution is -0.143. The molecule has 3 amide bonds. The van der Waals surface area contributed by atoms with Gasteiger partial charge in [-0.25, -0.2) is 4.79 Å². The van der Waals surface area contributed by atoms with E-state index in [1.807, 2.05) is 30.3 Å². The first-order valence-electron chi connectivity index (χ1n) is 10.8. The third-order valence-electron chi connectivity index (χ3n) is 7.19. The monoisotopic (exact) mass is 428 g/mol. The fraction of sp³-hybridized carbons (Fsp3) is 0.565. The Labute approximate surface area is 181 Å². The molecule has 2 saturated heterocycles. The average Bonchev–Trinajstić information content (AvgIpc) is 3.28. The molecule has 1 aromatic carbocycles. The van der Waals surface area contributed by atoms with Crippen molar-refractivity contribution in [2.24, 2.45) is 11.3 Å². The van der Waals surface area contributed by atoms with Gasteiger partial charge in [-0.15, -0.1) is 0 Å². The van der Waals surface area contributed by atoms with Gasteiger partial charge in [-0.1, -0.05) is 49.6 Å². The Kier molecular flexibility index (Phi) is 5.83. The molecule has 1 aliphatic carbocycles. The van der Waals surface area contributed by atoms with Crippen molar-refractivity contribution in [1.82, 2.24) is 10.2 Å². The molecule has 4 rings (SSSR count). The van der Waals surface area contributed by atoms with E-state index in [1.54, 1.807) is 0 Å². The van der Waals surface area contributed by atoms with E-state index in [2.05, 4.69) is 5.32 Å². The van der Waals surface area contributed by atoms with Gasteiger partial charge in [0.2, 0.25) is 11.8 Å². The first-order valence-corrected chi connectivity index (χ1v) is 10.8. The number of nitrogens with zero attached hydrogens (tertiary/aromatic N) is 1. The van der Waals surface area contributed by atoms with Gasteiger partial charge in [0.05, 0.1) is 19.6 Å². The Balaban J connectivity index is 1.88. The van der Waals surface area contributed by atoms with Crippen molar-refractivity contribution in [3.63, 3.8) is 0 Å². The number of carbonyl (C=O) groups is 4. The molecule has 1 saturated carbocycles. The van der Waals surface area contributed by atoms with Crippen LogP contribution in [0.3, 0.4) is 0 Å². The summed E-state index contributed by atoms with van der Waals surface area (Å²) in [6, 6.07) is 8.02. The molecule has 2 heterocycles. The molecule has 3 aliphatic rings. The summed E-state index contributed by atoms with van der Waals surface area (Å²) in [6.07, 6.45) is 3.84. The Morgan fingerprint density at radius 2 is 1.71 bits per heavy atom. The predicted octanol–water partition coefficient (Wildman–Crippen LogP) is 2.38. The van der Waals surface area contributed by atoms with Crippen LogP contribution < -0.4 is 5.32 Å². The van der Waals surface area contributed by atoms with Gasteiger partial charge in [0, 0.05) is 18.4 Å². The third kappa shape index (κ3) is 3.33. The van der Waals surface area contributed by atoms with Crippen molar-refractivity contribution in [2.45, 2.75) is 56.5 Å². The molecule has 0 radical (unpaired) electrons. The third-order valence-corrected chi connectivity index (χ3v) is 7.19. The summed E-state index contributed by atoms with van der Waals surface area (Å²) in [5.74, 6) is -2.19. The molecule has 3 fully saturated rings. The maximum atomic E-state index is 13.8. The fourth-order valence-electron chi connectivity index (χ4n) is 5.92. The lowest BCUT2D eigenvalue weighted by atomic mass is 9.63. The second-order valence-electron chi connectivity index (χ2n) is 8.65. The summed E-state index contributed by atoms with van der Waals surface area (Å²) >= 11 is 0. The van der Waals surface area contributed by atoms with Crippen molar-refractivity contribution in [1.29, 1.82) is 0 Å². The molecule has 0 aromatic heterocycles. The number of hydrogen-bond acceptors (Lipinski definition) is 7. The lowest BCUT2D eigenvalue weighted by Crippen LogP contribution is -2.50. The number of rotatable bonds is 3. The second kappa shape index (κ2) is 8.42. The van der Waals surface area contributed by atoms with Crippen LogP contribution in [0.4, 0.5) is 4.79 Å². The van der Waals surface area contributed by atoms with Gasteiger partial charge in [-0.05, 0) is 24.3 Å². The molecule has 4 atom stereocenters. The SMILES string of the molecule is COC(=O)[C@@H]1N[C@H](C2CCCCC2)[C@@]2(CC(=O)N(C(=O)OC)C2=O)[C@H]1c1ccccc1. The van der Waals surface area contributed by atoms with Crippen molar-refractivity contribution in [3.05, 3.63) is 35.9 Å². The van der Waals surface area contributed by atoms with Crippen LogP contribution in [-0.4, -0.2) is 55.1 Å². The molecule has 1 N–H and O–H groups in total. The van der Waals surface area contributed by atoms with Gasteiger partial charge < -0.3 is 9.47 Å². The summed E-state index contributed by atoms with van der Waals surface area (Å²) < 4.78 is 9.81. The van der Waals surface area contributed by atoms with Gasteiger partial charge >= 0.3 is 12.1 Å². The van der Waals surface area contributed by atoms with Gasteiger partial charge in [-0.2, -0.15) is 4.90 Å². The number of benzene rings is 1. The summed E-state index contributed by atoms with van der Waals surface area (Å²) in [6.45, 7) is 0. The zero-order valence-electron chi connectivity index (χ0n) is 17.8. The maximum absolute atomic E-state index is 13.8. The van der Waals surface area contributed by atoms with E-state index in [4.69, 9.17) is 9.47 Å². The topological polar surface area (TPSA) is 102 Å². The second-order valence-corrected chi connectivity index (χ2v) is 8.65. The molecule has 1 aromatic rings. The van der Waals surface area contributed by atoms with E-state index >= 15 is 0 Å². The van der Waals surface area contributed by atoms with Crippen LogP contribution in [0, 0.1) is 11.3 Å². The van der Waals surface area contributed by atoms with E-state index in [0.717, 1.165) is 44.8 Å². The van der Waals surface area contributed by atoms with Crippen molar-refractivity contribution in [2.75, 3.05) is 14.2 Å². The van der Waals surface area contributed by atoms with E-state index in [1.165, 1.54) is 7.11 Å². The summed E-state index contributed by atoms with van der Waals surface area (Å²) in [5, 5.41) is 3.39. The van der Waals surface area contributed by atoms with Crippen LogP contribution in [0.5, 0.6) is 0 Å². The highest BCUT2D eigenvalue weighted by atomic mass is 16.5. The zero-order valence-corrected chi connectivity index (χ0v) is 17.8. The molecule has 1 spiro atoms. The average molecular weight is 428 g/mol. The van der Waals surface area contributed by atoms with Crippen LogP contribution in [0.2, 0.25) is 0 Å².